The van der Waals surface area contributed by atoms with Crippen molar-refractivity contribution >= 4 is 21.4 Å². The van der Waals surface area contributed by atoms with E-state index in [9.17, 15) is 23.4 Å². The van der Waals surface area contributed by atoms with Crippen LogP contribution in [-0.2, 0) is 15.1 Å². The van der Waals surface area contributed by atoms with Gasteiger partial charge < -0.3 is 30.9 Å². The Kier molecular flexibility index (Phi) is 17.1. The highest BCUT2D eigenvalue weighted by atomic mass is 32.3. The Balaban J connectivity index is 0.000000458. The van der Waals surface area contributed by atoms with Gasteiger partial charge in [0.05, 0.1) is 23.7 Å². The average molecular weight is 551 g/mol. The van der Waals surface area contributed by atoms with Crippen LogP contribution in [0.25, 0.3) is 11.0 Å². The molecule has 0 aliphatic carbocycles. The average Bonchev–Trinajstić information content (AvgIpc) is 3.39. The smallest absolute Gasteiger partial charge is 0.394 e. The second-order valence-corrected chi connectivity index (χ2v) is 7.42. The van der Waals surface area contributed by atoms with Crippen LogP contribution in [-0.4, -0.2) is 105 Å². The summed E-state index contributed by atoms with van der Waals surface area (Å²) in [6.07, 6.45) is -1.46. The number of hydrogen-bond acceptors (Lipinski definition) is 13. The molecule has 0 radical (unpaired) electrons. The fraction of sp³-hybridized carbons (Fsp3) is 0.529. The summed E-state index contributed by atoms with van der Waals surface area (Å²) in [5.41, 5.74) is 15.6. The van der Waals surface area contributed by atoms with Crippen molar-refractivity contribution in [2.75, 3.05) is 19.7 Å². The number of ether oxygens (including phenoxy) is 1. The number of aliphatic hydroxyl groups excluding tert-OH is 4. The highest BCUT2D eigenvalue weighted by Gasteiger charge is 2.41. The van der Waals surface area contributed by atoms with Crippen molar-refractivity contribution in [3.63, 3.8) is 0 Å². The van der Waals surface area contributed by atoms with E-state index in [1.807, 2.05) is 24.3 Å². The molecule has 36 heavy (non-hydrogen) atoms. The van der Waals surface area contributed by atoms with E-state index in [4.69, 9.17) is 38.2 Å². The number of fused-ring (bicyclic) bond motifs is 1. The van der Waals surface area contributed by atoms with Crippen molar-refractivity contribution in [2.45, 2.75) is 37.3 Å². The van der Waals surface area contributed by atoms with Crippen LogP contribution in [0.5, 0.6) is 0 Å². The van der Waals surface area contributed by atoms with Crippen molar-refractivity contribution in [3.8, 4) is 0 Å². The first-order valence-electron chi connectivity index (χ1n) is 9.82. The van der Waals surface area contributed by atoms with Gasteiger partial charge in [0.1, 0.15) is 18.3 Å². The third kappa shape index (κ3) is 16.5. The van der Waals surface area contributed by atoms with Gasteiger partial charge in [0, 0.05) is 25.5 Å². The van der Waals surface area contributed by atoms with Crippen LogP contribution in [0.1, 0.15) is 0 Å². The zero-order valence-electron chi connectivity index (χ0n) is 18.5. The van der Waals surface area contributed by atoms with Crippen molar-refractivity contribution in [2.24, 2.45) is 5.73 Å². The summed E-state index contributed by atoms with van der Waals surface area (Å²) < 4.78 is 65.3. The number of benzene rings is 1. The zero-order valence-corrected chi connectivity index (χ0v) is 19.3. The van der Waals surface area contributed by atoms with Crippen molar-refractivity contribution in [1.29, 1.82) is 0 Å². The monoisotopic (exact) mass is 550 g/mol. The van der Waals surface area contributed by atoms with E-state index >= 15 is 0 Å². The number of aliphatic hydroxyl groups is 4. The maximum absolute atomic E-state index is 9.67. The molecule has 11 N–H and O–H groups in total. The third-order valence-electron chi connectivity index (χ3n) is 3.88. The molecule has 2 saturated heterocycles. The molecule has 19 heteroatoms. The largest absolute Gasteiger partial charge is 0.394 e. The summed E-state index contributed by atoms with van der Waals surface area (Å²) in [6.45, 7) is -2.08. The Hall–Kier alpha value is -2.14. The molecule has 4 rings (SSSR count). The molecule has 0 bridgehead atoms. The van der Waals surface area contributed by atoms with Crippen LogP contribution >= 0.6 is 0 Å². The summed E-state index contributed by atoms with van der Waals surface area (Å²) in [5.74, 6) is 0. The fourth-order valence-electron chi connectivity index (χ4n) is 2.34. The van der Waals surface area contributed by atoms with E-state index in [0.717, 1.165) is 24.1 Å². The lowest BCUT2D eigenvalue weighted by Crippen LogP contribution is -2.61. The molecule has 0 saturated carbocycles. The highest BCUT2D eigenvalue weighted by Crippen LogP contribution is 2.17. The van der Waals surface area contributed by atoms with Crippen LogP contribution < -0.4 is 22.1 Å². The van der Waals surface area contributed by atoms with Gasteiger partial charge in [-0.3, -0.25) is 19.1 Å². The fourth-order valence-corrected chi connectivity index (χ4v) is 2.34. The van der Waals surface area contributed by atoms with Gasteiger partial charge in [0.15, 0.2) is 6.29 Å². The van der Waals surface area contributed by atoms with Crippen molar-refractivity contribution in [3.05, 3.63) is 36.7 Å². The normalized spacial score (nSPS) is 25.1. The van der Waals surface area contributed by atoms with Gasteiger partial charge in [0.2, 0.25) is 0 Å². The first-order valence-corrected chi connectivity index (χ1v) is 11.2. The quantitative estimate of drug-likeness (QED) is 0.165. The van der Waals surface area contributed by atoms with Crippen LogP contribution in [0.3, 0.4) is 0 Å². The first-order chi connectivity index (χ1) is 16.8. The number of nitrogens with one attached hydrogen (secondary N) is 3. The number of nitrogens with zero attached hydrogens (tertiary/aromatic N) is 2. The lowest BCUT2D eigenvalue weighted by atomic mass is 9.98. The molecule has 2 aliphatic rings. The Labute approximate surface area is 203 Å². The number of nitrogens with two attached hydrogens (primary N) is 1. The molecule has 3 heterocycles. The molecule has 2 aliphatic heterocycles. The van der Waals surface area contributed by atoms with Gasteiger partial charge in [-0.05, 0) is 12.1 Å². The summed E-state index contributed by atoms with van der Waals surface area (Å²) in [7, 11) is -4.67. The van der Waals surface area contributed by atoms with E-state index in [1.165, 1.54) is 0 Å². The van der Waals surface area contributed by atoms with E-state index in [-0.39, 0.29) is 0 Å². The molecule has 1 aromatic heterocycles. The van der Waals surface area contributed by atoms with Gasteiger partial charge in [0.25, 0.3) is 0 Å². The summed E-state index contributed by atoms with van der Waals surface area (Å²) in [6, 6.07) is 6.77. The number of aromatic nitrogens is 2. The number of alkyl halides is 3. The van der Waals surface area contributed by atoms with Gasteiger partial charge in [-0.2, -0.15) is 27.1 Å². The van der Waals surface area contributed by atoms with E-state index in [1.54, 1.807) is 12.4 Å². The molecule has 0 amide bonds. The molecule has 15 nitrogen and oxygen atoms in total. The minimum atomic E-state index is -4.67. The number of halogens is 3. The van der Waals surface area contributed by atoms with Gasteiger partial charge >= 0.3 is 17.1 Å². The van der Waals surface area contributed by atoms with Crippen molar-refractivity contribution < 1.29 is 55.9 Å². The van der Waals surface area contributed by atoms with E-state index < -0.39 is 54.3 Å². The maximum atomic E-state index is 9.67. The van der Waals surface area contributed by atoms with Crippen LogP contribution in [0.2, 0.25) is 0 Å². The summed E-state index contributed by atoms with van der Waals surface area (Å²) in [4.78, 5) is 8.24. The number of rotatable bonds is 1. The van der Waals surface area contributed by atoms with E-state index in [0.29, 0.717) is 0 Å². The molecule has 2 aromatic rings. The second-order valence-electron chi connectivity index (χ2n) is 6.53. The standard InChI is InChI=1S/C8H6N2.C6H13NO5.C2H7N3.CHF3.H2O4S/c1-2-4-8-7(3-1)9-5-6-10-8;7-3-5(10)4(9)2(1-8)12-6(3)11;1-2-4-5-3-1;2-1(3)4;1-5(2,3)4/h1-6H;2-6,8-11H,1,7H2;3-5H,1-2H2;1H;(H2,1,2,3,4)/t;2-,3-,4-,5-,6?;;;/m.1.../s1. The second kappa shape index (κ2) is 18.2. The predicted octanol–water partition coefficient (Wildman–Crippen LogP) is -2.50. The van der Waals surface area contributed by atoms with Gasteiger partial charge in [-0.1, -0.05) is 12.1 Å². The molecular formula is C17H29F3N6O9S. The molecule has 5 atom stereocenters. The predicted molar refractivity (Wildman–Crippen MR) is 118 cm³/mol. The Morgan fingerprint density at radius 1 is 1.00 bits per heavy atom. The topological polar surface area (TPSA) is 253 Å². The van der Waals surface area contributed by atoms with Crippen LogP contribution in [0, 0.1) is 0 Å². The number of hydrogen-bond donors (Lipinski definition) is 10. The molecule has 2 fully saturated rings. The third-order valence-corrected chi connectivity index (χ3v) is 3.88. The summed E-state index contributed by atoms with van der Waals surface area (Å²) >= 11 is 0. The molecule has 1 aromatic carbocycles. The Bertz CT molecular complexity index is 860. The molecule has 208 valence electrons. The molecule has 1 unspecified atom stereocenters. The Morgan fingerprint density at radius 2 is 1.42 bits per heavy atom. The lowest BCUT2D eigenvalue weighted by Gasteiger charge is -2.38. The zero-order chi connectivity index (χ0) is 27.7. The first kappa shape index (κ1) is 33.9. The Morgan fingerprint density at radius 3 is 1.75 bits per heavy atom. The number of para-hydroxylation sites is 2. The van der Waals surface area contributed by atoms with Gasteiger partial charge in [-0.15, -0.1) is 0 Å². The molecule has 0 spiro atoms. The maximum Gasteiger partial charge on any atom is 0.394 e. The van der Waals surface area contributed by atoms with Gasteiger partial charge in [-0.25, -0.2) is 10.9 Å². The summed E-state index contributed by atoms with van der Waals surface area (Å²) in [5, 5.41) is 36.1. The SMILES string of the molecule is C1CNNN1.FC(F)F.N[C@H]1C(O)O[C@H](CO)[C@@H](O)[C@@H]1O.O=S(=O)(O)O.c1ccc2nccnc2c1. The lowest BCUT2D eigenvalue weighted by molar-refractivity contribution is -0.248. The molecular weight excluding hydrogens is 521 g/mol. The van der Waals surface area contributed by atoms with Crippen LogP contribution in [0.4, 0.5) is 13.2 Å². The highest BCUT2D eigenvalue weighted by molar-refractivity contribution is 7.79. The number of hydrazine groups is 2. The minimum absolute atomic E-state index is 0.470. The van der Waals surface area contributed by atoms with Crippen LogP contribution in [0.15, 0.2) is 36.7 Å². The van der Waals surface area contributed by atoms with E-state index in [2.05, 4.69) is 26.4 Å². The minimum Gasteiger partial charge on any atom is -0.394 e. The van der Waals surface area contributed by atoms with Crippen molar-refractivity contribution in [1.82, 2.24) is 26.4 Å².